The number of amides is 1. The number of aromatic carboxylic acids is 1. The third-order valence-electron chi connectivity index (χ3n) is 3.85. The first-order valence-corrected chi connectivity index (χ1v) is 7.68. The second kappa shape index (κ2) is 6.15. The van der Waals surface area contributed by atoms with Crippen molar-refractivity contribution in [1.29, 1.82) is 0 Å². The van der Waals surface area contributed by atoms with Gasteiger partial charge in [0.15, 0.2) is 0 Å². The molecule has 0 saturated carbocycles. The second-order valence-corrected chi connectivity index (χ2v) is 6.82. The number of piperidine rings is 1. The molecular formula is C15H19BrN2O3. The first-order valence-electron chi connectivity index (χ1n) is 6.88. The predicted molar refractivity (Wildman–Crippen MR) is 84.5 cm³/mol. The number of anilines is 1. The van der Waals surface area contributed by atoms with Crippen LogP contribution >= 0.6 is 15.9 Å². The number of halogens is 1. The van der Waals surface area contributed by atoms with Crippen LogP contribution in [-0.2, 0) is 4.79 Å². The van der Waals surface area contributed by atoms with Gasteiger partial charge >= 0.3 is 5.97 Å². The normalized spacial score (nSPS) is 20.8. The molecule has 2 rings (SSSR count). The minimum atomic E-state index is -1.03. The van der Waals surface area contributed by atoms with Crippen LogP contribution in [0.4, 0.5) is 5.69 Å². The van der Waals surface area contributed by atoms with Gasteiger partial charge < -0.3 is 15.7 Å². The van der Waals surface area contributed by atoms with Crippen molar-refractivity contribution < 1.29 is 14.7 Å². The second-order valence-electron chi connectivity index (χ2n) is 5.97. The number of carboxylic acids is 1. The minimum Gasteiger partial charge on any atom is -0.478 e. The van der Waals surface area contributed by atoms with Gasteiger partial charge in [-0.15, -0.1) is 0 Å². The lowest BCUT2D eigenvalue weighted by atomic mass is 9.77. The number of carbonyl (C=O) groups excluding carboxylic acids is 1. The monoisotopic (exact) mass is 354 g/mol. The first-order chi connectivity index (χ1) is 9.81. The molecule has 0 radical (unpaired) electrons. The van der Waals surface area contributed by atoms with Crippen molar-refractivity contribution in [2.75, 3.05) is 11.9 Å². The van der Waals surface area contributed by atoms with Crippen molar-refractivity contribution in [3.63, 3.8) is 0 Å². The van der Waals surface area contributed by atoms with Crippen molar-refractivity contribution in [2.24, 2.45) is 5.41 Å². The molecule has 1 saturated heterocycles. The molecule has 1 fully saturated rings. The van der Waals surface area contributed by atoms with Crippen LogP contribution in [0.2, 0.25) is 0 Å². The molecule has 5 nitrogen and oxygen atoms in total. The van der Waals surface area contributed by atoms with E-state index < -0.39 is 5.97 Å². The van der Waals surface area contributed by atoms with Crippen LogP contribution in [0.25, 0.3) is 0 Å². The van der Waals surface area contributed by atoms with E-state index in [1.165, 1.54) is 6.07 Å². The number of hydrogen-bond acceptors (Lipinski definition) is 3. The summed E-state index contributed by atoms with van der Waals surface area (Å²) in [5.41, 5.74) is 0.500. The average molecular weight is 355 g/mol. The molecule has 1 aliphatic rings. The summed E-state index contributed by atoms with van der Waals surface area (Å²) in [4.78, 5) is 23.5. The molecule has 0 spiro atoms. The van der Waals surface area contributed by atoms with Gasteiger partial charge in [-0.05, 0) is 58.9 Å². The van der Waals surface area contributed by atoms with Crippen LogP contribution in [-0.4, -0.2) is 29.6 Å². The number of hydrogen-bond donors (Lipinski definition) is 3. The maximum absolute atomic E-state index is 12.4. The number of benzene rings is 1. The highest BCUT2D eigenvalue weighted by Crippen LogP contribution is 2.31. The highest BCUT2D eigenvalue weighted by atomic mass is 79.9. The summed E-state index contributed by atoms with van der Waals surface area (Å²) in [6.07, 6.45) is 2.04. The summed E-state index contributed by atoms with van der Waals surface area (Å²) in [6.45, 7) is 4.95. The molecule has 1 atom stereocenters. The Bertz CT molecular complexity index is 572. The van der Waals surface area contributed by atoms with E-state index in [2.05, 4.69) is 40.4 Å². The zero-order valence-electron chi connectivity index (χ0n) is 12.1. The van der Waals surface area contributed by atoms with E-state index in [1.807, 2.05) is 0 Å². The van der Waals surface area contributed by atoms with Crippen molar-refractivity contribution in [3.05, 3.63) is 28.2 Å². The molecule has 21 heavy (non-hydrogen) atoms. The fourth-order valence-electron chi connectivity index (χ4n) is 2.64. The van der Waals surface area contributed by atoms with Gasteiger partial charge in [-0.1, -0.05) is 13.8 Å². The van der Waals surface area contributed by atoms with Crippen molar-refractivity contribution in [1.82, 2.24) is 5.32 Å². The van der Waals surface area contributed by atoms with E-state index in [0.717, 1.165) is 19.4 Å². The molecular weight excluding hydrogens is 336 g/mol. The summed E-state index contributed by atoms with van der Waals surface area (Å²) < 4.78 is 0.490. The van der Waals surface area contributed by atoms with E-state index in [1.54, 1.807) is 12.1 Å². The topological polar surface area (TPSA) is 78.4 Å². The van der Waals surface area contributed by atoms with Crippen LogP contribution in [0.15, 0.2) is 22.7 Å². The number of carboxylic acid groups (broad SMARTS) is 1. The molecule has 0 aromatic heterocycles. The van der Waals surface area contributed by atoms with Crippen LogP contribution in [0.5, 0.6) is 0 Å². The Balaban J connectivity index is 2.16. The fourth-order valence-corrected chi connectivity index (χ4v) is 3.06. The Morgan fingerprint density at radius 3 is 2.76 bits per heavy atom. The summed E-state index contributed by atoms with van der Waals surface area (Å²) in [5, 5.41) is 15.1. The van der Waals surface area contributed by atoms with Crippen molar-refractivity contribution in [3.8, 4) is 0 Å². The lowest BCUT2D eigenvalue weighted by Crippen LogP contribution is -2.53. The molecule has 3 N–H and O–H groups in total. The molecule has 1 aromatic carbocycles. The van der Waals surface area contributed by atoms with Crippen LogP contribution < -0.4 is 10.6 Å². The van der Waals surface area contributed by atoms with Gasteiger partial charge in [0, 0.05) is 10.2 Å². The quantitative estimate of drug-likeness (QED) is 0.779. The summed E-state index contributed by atoms with van der Waals surface area (Å²) in [7, 11) is 0. The highest BCUT2D eigenvalue weighted by Gasteiger charge is 2.37. The van der Waals surface area contributed by atoms with E-state index in [0.29, 0.717) is 10.2 Å². The molecule has 1 unspecified atom stereocenters. The van der Waals surface area contributed by atoms with E-state index in [4.69, 9.17) is 5.11 Å². The Kier molecular flexibility index (Phi) is 4.68. The van der Waals surface area contributed by atoms with Crippen LogP contribution in [0, 0.1) is 5.41 Å². The number of nitrogens with one attached hydrogen (secondary N) is 2. The zero-order valence-corrected chi connectivity index (χ0v) is 13.7. The van der Waals surface area contributed by atoms with Gasteiger partial charge in [-0.3, -0.25) is 4.79 Å². The van der Waals surface area contributed by atoms with E-state index in [9.17, 15) is 9.59 Å². The standard InChI is InChI=1S/C15H19BrN2O3/c1-15(2)6-3-7-17-12(15)13(19)18-9-4-5-11(16)10(8-9)14(20)21/h4-5,8,12,17H,3,6-7H2,1-2H3,(H,18,19)(H,20,21). The summed E-state index contributed by atoms with van der Waals surface area (Å²) in [5.74, 6) is -1.16. The van der Waals surface area contributed by atoms with Crippen molar-refractivity contribution in [2.45, 2.75) is 32.7 Å². The molecule has 1 aliphatic heterocycles. The van der Waals surface area contributed by atoms with Gasteiger partial charge in [0.1, 0.15) is 0 Å². The maximum atomic E-state index is 12.4. The van der Waals surface area contributed by atoms with Crippen LogP contribution in [0.3, 0.4) is 0 Å². The number of rotatable bonds is 3. The van der Waals surface area contributed by atoms with Crippen molar-refractivity contribution >= 4 is 33.5 Å². The molecule has 0 bridgehead atoms. The maximum Gasteiger partial charge on any atom is 0.336 e. The fraction of sp³-hybridized carbons (Fsp3) is 0.467. The predicted octanol–water partition coefficient (Wildman–Crippen LogP) is 2.86. The lowest BCUT2D eigenvalue weighted by molar-refractivity contribution is -0.121. The molecule has 1 amide bonds. The number of carbonyl (C=O) groups is 2. The van der Waals surface area contributed by atoms with Gasteiger partial charge in [0.2, 0.25) is 5.91 Å². The van der Waals surface area contributed by atoms with Gasteiger partial charge in [-0.2, -0.15) is 0 Å². The van der Waals surface area contributed by atoms with E-state index in [-0.39, 0.29) is 22.9 Å². The molecule has 1 heterocycles. The lowest BCUT2D eigenvalue weighted by Gasteiger charge is -2.38. The molecule has 0 aliphatic carbocycles. The third-order valence-corrected chi connectivity index (χ3v) is 4.55. The Morgan fingerprint density at radius 1 is 1.43 bits per heavy atom. The minimum absolute atomic E-state index is 0.118. The summed E-state index contributed by atoms with van der Waals surface area (Å²) in [6, 6.07) is 4.49. The van der Waals surface area contributed by atoms with Gasteiger partial charge in [0.05, 0.1) is 11.6 Å². The van der Waals surface area contributed by atoms with E-state index >= 15 is 0 Å². The SMILES string of the molecule is CC1(C)CCCNC1C(=O)Nc1ccc(Br)c(C(=O)O)c1. The largest absolute Gasteiger partial charge is 0.478 e. The average Bonchev–Trinajstić information content (AvgIpc) is 2.40. The van der Waals surface area contributed by atoms with Gasteiger partial charge in [-0.25, -0.2) is 4.79 Å². The molecule has 114 valence electrons. The van der Waals surface area contributed by atoms with Gasteiger partial charge in [0.25, 0.3) is 0 Å². The smallest absolute Gasteiger partial charge is 0.336 e. The summed E-state index contributed by atoms with van der Waals surface area (Å²) >= 11 is 3.19. The molecule has 6 heteroatoms. The molecule has 1 aromatic rings. The Morgan fingerprint density at radius 2 is 2.14 bits per heavy atom. The highest BCUT2D eigenvalue weighted by molar-refractivity contribution is 9.10. The zero-order chi connectivity index (χ0) is 15.6. The Labute approximate surface area is 132 Å². The Hall–Kier alpha value is -1.40. The first kappa shape index (κ1) is 16.0. The third kappa shape index (κ3) is 3.63. The van der Waals surface area contributed by atoms with Crippen LogP contribution in [0.1, 0.15) is 37.0 Å².